The van der Waals surface area contributed by atoms with Gasteiger partial charge in [0.1, 0.15) is 19.3 Å². The van der Waals surface area contributed by atoms with Crippen LogP contribution in [0.1, 0.15) is 42.9 Å². The Morgan fingerprint density at radius 1 is 1.13 bits per heavy atom. The third-order valence-corrected chi connectivity index (χ3v) is 6.37. The van der Waals surface area contributed by atoms with Crippen LogP contribution in [0.2, 0.25) is 0 Å². The highest BCUT2D eigenvalue weighted by atomic mass is 16.5. The highest BCUT2D eigenvalue weighted by molar-refractivity contribution is 6.36. The molecule has 0 atom stereocenters. The van der Waals surface area contributed by atoms with Gasteiger partial charge in [0, 0.05) is 62.1 Å². The minimum atomic E-state index is 0.444. The van der Waals surface area contributed by atoms with Gasteiger partial charge in [0.25, 0.3) is 0 Å². The molecule has 30 heavy (non-hydrogen) atoms. The third kappa shape index (κ3) is 4.07. The van der Waals surface area contributed by atoms with Crippen LogP contribution in [0.3, 0.4) is 0 Å². The molecule has 0 amide bonds. The van der Waals surface area contributed by atoms with Crippen molar-refractivity contribution >= 4 is 24.8 Å². The van der Waals surface area contributed by atoms with Crippen LogP contribution in [0.15, 0.2) is 36.8 Å². The molecule has 2 fully saturated rings. The molecule has 2 aliphatic heterocycles. The second-order valence-corrected chi connectivity index (χ2v) is 8.27. The number of nitrogens with one attached hydrogen (secondary N) is 1. The van der Waals surface area contributed by atoms with Crippen molar-refractivity contribution in [2.24, 2.45) is 0 Å². The normalized spacial score (nSPS) is 19.3. The van der Waals surface area contributed by atoms with Gasteiger partial charge in [-0.05, 0) is 55.9 Å². The van der Waals surface area contributed by atoms with Crippen molar-refractivity contribution < 1.29 is 4.74 Å². The van der Waals surface area contributed by atoms with Crippen LogP contribution in [0.4, 0.5) is 5.82 Å². The lowest BCUT2D eigenvalue weighted by Gasteiger charge is -2.39. The molecule has 5 rings (SSSR count). The Hall–Kier alpha value is -2.45. The van der Waals surface area contributed by atoms with Crippen molar-refractivity contribution in [3.63, 3.8) is 0 Å². The molecule has 0 spiro atoms. The van der Waals surface area contributed by atoms with Crippen LogP contribution in [-0.4, -0.2) is 64.7 Å². The third-order valence-electron chi connectivity index (χ3n) is 6.37. The molecule has 0 bridgehead atoms. The fraction of sp³-hybridized carbons (Fsp3) is 0.500. The molecule has 1 N–H and O–H groups in total. The topological polar surface area (TPSA) is 67.6 Å². The van der Waals surface area contributed by atoms with E-state index in [0.717, 1.165) is 74.7 Å². The smallest absolute Gasteiger partial charge is 0.150 e. The maximum Gasteiger partial charge on any atom is 0.150 e. The summed E-state index contributed by atoms with van der Waals surface area (Å²) >= 11 is 0. The molecule has 7 nitrogen and oxygen atoms in total. The van der Waals surface area contributed by atoms with Crippen LogP contribution >= 0.6 is 0 Å². The summed E-state index contributed by atoms with van der Waals surface area (Å²) in [5.74, 6) is 1.36. The molecule has 2 saturated heterocycles. The van der Waals surface area contributed by atoms with Gasteiger partial charge in [-0.25, -0.2) is 4.98 Å². The first-order valence-corrected chi connectivity index (χ1v) is 10.9. The minimum Gasteiger partial charge on any atom is -0.381 e. The number of rotatable bonds is 5. The first-order valence-electron chi connectivity index (χ1n) is 10.9. The minimum absolute atomic E-state index is 0.444. The highest BCUT2D eigenvalue weighted by Gasteiger charge is 2.28. The molecule has 0 aromatic carbocycles. The van der Waals surface area contributed by atoms with Gasteiger partial charge in [-0.3, -0.25) is 4.98 Å². The van der Waals surface area contributed by atoms with Crippen molar-refractivity contribution in [2.45, 2.75) is 44.2 Å². The summed E-state index contributed by atoms with van der Waals surface area (Å²) in [6, 6.07) is 6.83. The number of anilines is 1. The Balaban J connectivity index is 1.33. The van der Waals surface area contributed by atoms with Gasteiger partial charge < -0.3 is 15.0 Å². The lowest BCUT2D eigenvalue weighted by molar-refractivity contribution is 0.0250. The summed E-state index contributed by atoms with van der Waals surface area (Å²) < 4.78 is 7.32. The molecule has 0 aliphatic carbocycles. The molecule has 5 heterocycles. The number of fused-ring (bicyclic) bond motifs is 1. The monoisotopic (exact) mass is 402 g/mol. The quantitative estimate of drug-likeness (QED) is 0.658. The Kier molecular flexibility index (Phi) is 5.68. The molecule has 2 aliphatic rings. The summed E-state index contributed by atoms with van der Waals surface area (Å²) in [6.07, 6.45) is 9.89. The van der Waals surface area contributed by atoms with Gasteiger partial charge in [-0.2, -0.15) is 9.61 Å². The van der Waals surface area contributed by atoms with Gasteiger partial charge in [0.05, 0.1) is 0 Å². The molecule has 0 unspecified atom stereocenters. The lowest BCUT2D eigenvalue weighted by atomic mass is 9.91. The summed E-state index contributed by atoms with van der Waals surface area (Å²) in [6.45, 7) is 4.71. The standard InChI is InChI=1S/C22H27BN6O/c23-19-15-26-29-21(25-14-16-2-1-7-24-13-16)12-20(27-22(19)29)17-3-8-28(9-4-17)18-5-10-30-11-6-18/h1-2,7,12-13,15,17-18,25H,3-6,8-11,14H2. The Morgan fingerprint density at radius 2 is 1.97 bits per heavy atom. The number of piperidine rings is 1. The van der Waals surface area contributed by atoms with Crippen LogP contribution < -0.4 is 10.8 Å². The lowest BCUT2D eigenvalue weighted by Crippen LogP contribution is -2.43. The second-order valence-electron chi connectivity index (χ2n) is 8.27. The highest BCUT2D eigenvalue weighted by Crippen LogP contribution is 2.31. The van der Waals surface area contributed by atoms with Gasteiger partial charge in [-0.15, -0.1) is 0 Å². The van der Waals surface area contributed by atoms with E-state index in [1.54, 1.807) is 16.9 Å². The van der Waals surface area contributed by atoms with Crippen molar-refractivity contribution in [3.05, 3.63) is 48.0 Å². The largest absolute Gasteiger partial charge is 0.381 e. The number of hydrogen-bond acceptors (Lipinski definition) is 6. The Bertz CT molecular complexity index is 980. The molecule has 3 aromatic heterocycles. The molecular weight excluding hydrogens is 375 g/mol. The number of nitrogens with zero attached hydrogens (tertiary/aromatic N) is 5. The number of ether oxygens (including phenoxy) is 1. The summed E-state index contributed by atoms with van der Waals surface area (Å²) in [7, 11) is 6.17. The fourth-order valence-electron chi connectivity index (χ4n) is 4.64. The summed E-state index contributed by atoms with van der Waals surface area (Å²) in [4.78, 5) is 11.7. The van der Waals surface area contributed by atoms with E-state index >= 15 is 0 Å². The molecular formula is C22H27BN6O. The van der Waals surface area contributed by atoms with Gasteiger partial charge in [0.15, 0.2) is 0 Å². The van der Waals surface area contributed by atoms with Crippen LogP contribution in [0, 0.1) is 0 Å². The number of hydrogen-bond donors (Lipinski definition) is 1. The number of aromatic nitrogens is 4. The van der Waals surface area contributed by atoms with Crippen molar-refractivity contribution in [1.29, 1.82) is 0 Å². The molecule has 0 saturated carbocycles. The van der Waals surface area contributed by atoms with Gasteiger partial charge in [-0.1, -0.05) is 6.07 Å². The molecule has 2 radical (unpaired) electrons. The van der Waals surface area contributed by atoms with E-state index in [0.29, 0.717) is 24.0 Å². The van der Waals surface area contributed by atoms with Crippen LogP contribution in [-0.2, 0) is 11.3 Å². The van der Waals surface area contributed by atoms with Crippen LogP contribution in [0.5, 0.6) is 0 Å². The van der Waals surface area contributed by atoms with E-state index in [4.69, 9.17) is 17.6 Å². The van der Waals surface area contributed by atoms with Crippen molar-refractivity contribution in [1.82, 2.24) is 24.5 Å². The van der Waals surface area contributed by atoms with Crippen molar-refractivity contribution in [3.8, 4) is 0 Å². The average molecular weight is 402 g/mol. The zero-order valence-electron chi connectivity index (χ0n) is 17.2. The number of pyridine rings is 1. The van der Waals surface area contributed by atoms with Crippen LogP contribution in [0.25, 0.3) is 5.65 Å². The zero-order chi connectivity index (χ0) is 20.3. The molecule has 154 valence electrons. The zero-order valence-corrected chi connectivity index (χ0v) is 17.2. The van der Waals surface area contributed by atoms with Crippen molar-refractivity contribution in [2.75, 3.05) is 31.6 Å². The summed E-state index contributed by atoms with van der Waals surface area (Å²) in [5, 5.41) is 7.92. The van der Waals surface area contributed by atoms with E-state index < -0.39 is 0 Å². The van der Waals surface area contributed by atoms with Gasteiger partial charge >= 0.3 is 0 Å². The first-order chi connectivity index (χ1) is 14.8. The first kappa shape index (κ1) is 19.5. The van der Waals surface area contributed by atoms with E-state index in [2.05, 4.69) is 32.4 Å². The second kappa shape index (κ2) is 8.74. The maximum absolute atomic E-state index is 6.17. The van der Waals surface area contributed by atoms with E-state index in [1.807, 2.05) is 12.3 Å². The predicted molar refractivity (Wildman–Crippen MR) is 117 cm³/mol. The van der Waals surface area contributed by atoms with Gasteiger partial charge in [0.2, 0.25) is 0 Å². The molecule has 3 aromatic rings. The van der Waals surface area contributed by atoms with E-state index in [9.17, 15) is 0 Å². The predicted octanol–water partition coefficient (Wildman–Crippen LogP) is 1.89. The van der Waals surface area contributed by atoms with E-state index in [-0.39, 0.29) is 0 Å². The SMILES string of the molecule is [B]c1cnn2c(NCc3cccnc3)cc(C3CCN(C4CCOCC4)CC3)nc12. The average Bonchev–Trinajstić information content (AvgIpc) is 3.20. The summed E-state index contributed by atoms with van der Waals surface area (Å²) in [5.41, 5.74) is 3.57. The maximum atomic E-state index is 6.17. The Labute approximate surface area is 178 Å². The molecule has 8 heteroatoms. The Morgan fingerprint density at radius 3 is 2.73 bits per heavy atom. The number of likely N-dealkylation sites (tertiary alicyclic amines) is 1. The fourth-order valence-corrected chi connectivity index (χ4v) is 4.64. The van der Waals surface area contributed by atoms with E-state index in [1.165, 1.54) is 0 Å².